The van der Waals surface area contributed by atoms with Gasteiger partial charge in [0.1, 0.15) is 0 Å². The predicted molar refractivity (Wildman–Crippen MR) is 122 cm³/mol. The third-order valence-electron chi connectivity index (χ3n) is 5.56. The average molecular weight is 429 g/mol. The highest BCUT2D eigenvalue weighted by molar-refractivity contribution is 5.94. The van der Waals surface area contributed by atoms with E-state index in [2.05, 4.69) is 20.6 Å². The normalized spacial score (nSPS) is 15.7. The van der Waals surface area contributed by atoms with Gasteiger partial charge in [0.05, 0.1) is 17.5 Å². The van der Waals surface area contributed by atoms with E-state index in [-0.39, 0.29) is 17.6 Å². The second kappa shape index (κ2) is 8.68. The number of amides is 1. The molecule has 1 aliphatic rings. The van der Waals surface area contributed by atoms with Crippen molar-refractivity contribution in [3.05, 3.63) is 83.0 Å². The van der Waals surface area contributed by atoms with E-state index >= 15 is 0 Å². The van der Waals surface area contributed by atoms with Crippen molar-refractivity contribution < 1.29 is 9.53 Å². The summed E-state index contributed by atoms with van der Waals surface area (Å²) in [7, 11) is 0. The molecule has 1 aliphatic heterocycles. The summed E-state index contributed by atoms with van der Waals surface area (Å²) in [4.78, 5) is 31.2. The molecule has 1 aromatic carbocycles. The number of hydrogen-bond donors (Lipinski definition) is 3. The third kappa shape index (κ3) is 4.13. The van der Waals surface area contributed by atoms with Crippen LogP contribution in [0.2, 0.25) is 0 Å². The highest BCUT2D eigenvalue weighted by Gasteiger charge is 2.16. The van der Waals surface area contributed by atoms with Crippen LogP contribution in [-0.4, -0.2) is 39.5 Å². The van der Waals surface area contributed by atoms with Gasteiger partial charge >= 0.3 is 0 Å². The molecule has 0 radical (unpaired) electrons. The van der Waals surface area contributed by atoms with Gasteiger partial charge in [0.15, 0.2) is 5.65 Å². The first kappa shape index (κ1) is 20.0. The highest BCUT2D eigenvalue weighted by atomic mass is 16.5. The Morgan fingerprint density at radius 2 is 2.06 bits per heavy atom. The molecule has 0 spiro atoms. The van der Waals surface area contributed by atoms with E-state index in [9.17, 15) is 9.59 Å². The van der Waals surface area contributed by atoms with Crippen molar-refractivity contribution in [1.82, 2.24) is 19.7 Å². The monoisotopic (exact) mass is 429 g/mol. The fourth-order valence-corrected chi connectivity index (χ4v) is 3.93. The van der Waals surface area contributed by atoms with Crippen molar-refractivity contribution in [2.24, 2.45) is 0 Å². The van der Waals surface area contributed by atoms with Crippen molar-refractivity contribution in [2.45, 2.75) is 18.9 Å². The molecule has 8 heteroatoms. The van der Waals surface area contributed by atoms with Crippen molar-refractivity contribution in [3.8, 4) is 11.3 Å². The Balaban J connectivity index is 1.32. The van der Waals surface area contributed by atoms with E-state index in [1.807, 2.05) is 40.9 Å². The molecule has 3 aromatic heterocycles. The van der Waals surface area contributed by atoms with Crippen LogP contribution in [0.3, 0.4) is 0 Å². The van der Waals surface area contributed by atoms with Crippen LogP contribution in [0.1, 0.15) is 23.2 Å². The third-order valence-corrected chi connectivity index (χ3v) is 5.56. The maximum absolute atomic E-state index is 12.4. The molecule has 0 aliphatic carbocycles. The molecule has 32 heavy (non-hydrogen) atoms. The van der Waals surface area contributed by atoms with Gasteiger partial charge in [-0.2, -0.15) is 0 Å². The molecule has 3 N–H and O–H groups in total. The number of aromatic amines is 1. The number of fused-ring (bicyclic) bond motifs is 1. The Labute approximate surface area is 184 Å². The minimum atomic E-state index is -0.155. The predicted octanol–water partition coefficient (Wildman–Crippen LogP) is 3.34. The Hall–Kier alpha value is -3.91. The zero-order valence-corrected chi connectivity index (χ0v) is 17.4. The number of hydrogen-bond acceptors (Lipinski definition) is 5. The maximum Gasteiger partial charge on any atom is 0.251 e. The van der Waals surface area contributed by atoms with Gasteiger partial charge < -0.3 is 20.4 Å². The number of benzene rings is 1. The standard InChI is InChI=1S/C24H23N5O3/c30-22-14-17(9-10-25-22)21-8-7-20(23-26-11-12-29(21)23)28-18-5-3-16(4-6-18)24(31)27-15-19-2-1-13-32-19/h3-12,14,19,28H,1-2,13,15H2,(H,25,30)(H,27,31). The lowest BCUT2D eigenvalue weighted by Gasteiger charge is -2.13. The van der Waals surface area contributed by atoms with Crippen molar-refractivity contribution in [3.63, 3.8) is 0 Å². The van der Waals surface area contributed by atoms with Gasteiger partial charge in [-0.15, -0.1) is 0 Å². The summed E-state index contributed by atoms with van der Waals surface area (Å²) in [5.41, 5.74) is 4.52. The number of H-pyrrole nitrogens is 1. The first-order valence-corrected chi connectivity index (χ1v) is 10.6. The number of nitrogens with one attached hydrogen (secondary N) is 3. The van der Waals surface area contributed by atoms with Crippen LogP contribution in [0.25, 0.3) is 16.9 Å². The highest BCUT2D eigenvalue weighted by Crippen LogP contribution is 2.27. The van der Waals surface area contributed by atoms with Crippen molar-refractivity contribution in [1.29, 1.82) is 0 Å². The number of pyridine rings is 2. The molecule has 8 nitrogen and oxygen atoms in total. The van der Waals surface area contributed by atoms with E-state index < -0.39 is 0 Å². The molecule has 5 rings (SSSR count). The molecule has 4 aromatic rings. The lowest BCUT2D eigenvalue weighted by atomic mass is 10.1. The van der Waals surface area contributed by atoms with Crippen molar-refractivity contribution in [2.75, 3.05) is 18.5 Å². The van der Waals surface area contributed by atoms with Crippen LogP contribution in [-0.2, 0) is 4.74 Å². The van der Waals surface area contributed by atoms with Crippen LogP contribution >= 0.6 is 0 Å². The Kier molecular flexibility index (Phi) is 5.43. The number of imidazole rings is 1. The number of anilines is 2. The first-order chi connectivity index (χ1) is 15.7. The van der Waals surface area contributed by atoms with Gasteiger partial charge in [0.2, 0.25) is 5.56 Å². The van der Waals surface area contributed by atoms with Gasteiger partial charge in [-0.3, -0.25) is 14.0 Å². The number of carbonyl (C=O) groups is 1. The summed E-state index contributed by atoms with van der Waals surface area (Å²) in [5, 5.41) is 6.30. The van der Waals surface area contributed by atoms with E-state index in [0.29, 0.717) is 12.1 Å². The summed E-state index contributed by atoms with van der Waals surface area (Å²) in [6.07, 6.45) is 7.37. The molecule has 162 valence electrons. The minimum Gasteiger partial charge on any atom is -0.376 e. The lowest BCUT2D eigenvalue weighted by molar-refractivity contribution is 0.0858. The Morgan fingerprint density at radius 3 is 2.84 bits per heavy atom. The van der Waals surface area contributed by atoms with Gasteiger partial charge in [-0.25, -0.2) is 4.98 Å². The number of nitrogens with zero attached hydrogens (tertiary/aromatic N) is 2. The SMILES string of the molecule is O=C(NCC1CCCO1)c1ccc(Nc2ccc(-c3cc[nH]c(=O)c3)n3ccnc23)cc1. The number of aromatic nitrogens is 3. The molecule has 0 saturated carbocycles. The summed E-state index contributed by atoms with van der Waals surface area (Å²) in [6.45, 7) is 1.31. The Morgan fingerprint density at radius 1 is 1.19 bits per heavy atom. The minimum absolute atomic E-state index is 0.107. The largest absolute Gasteiger partial charge is 0.376 e. The number of carbonyl (C=O) groups excluding carboxylic acids is 1. The van der Waals surface area contributed by atoms with Gasteiger partial charge in [0.25, 0.3) is 5.91 Å². The molecule has 1 unspecified atom stereocenters. The fraction of sp³-hybridized carbons (Fsp3) is 0.208. The zero-order chi connectivity index (χ0) is 21.9. The smallest absolute Gasteiger partial charge is 0.251 e. The summed E-state index contributed by atoms with van der Waals surface area (Å²) >= 11 is 0. The van der Waals surface area contributed by atoms with Gasteiger partial charge in [0, 0.05) is 54.6 Å². The van der Waals surface area contributed by atoms with Crippen molar-refractivity contribution >= 4 is 22.9 Å². The maximum atomic E-state index is 12.4. The van der Waals surface area contributed by atoms with Crippen LogP contribution in [0.15, 0.2) is 71.9 Å². The second-order valence-electron chi connectivity index (χ2n) is 7.74. The van der Waals surface area contributed by atoms with Crippen LogP contribution in [0.4, 0.5) is 11.4 Å². The van der Waals surface area contributed by atoms with E-state index in [4.69, 9.17) is 4.74 Å². The Bertz CT molecular complexity index is 1300. The molecular formula is C24H23N5O3. The van der Waals surface area contributed by atoms with E-state index in [1.165, 1.54) is 0 Å². The first-order valence-electron chi connectivity index (χ1n) is 10.6. The van der Waals surface area contributed by atoms with Crippen LogP contribution < -0.4 is 16.2 Å². The average Bonchev–Trinajstić information content (AvgIpc) is 3.51. The van der Waals surface area contributed by atoms with Gasteiger partial charge in [-0.05, 0) is 55.3 Å². The fourth-order valence-electron chi connectivity index (χ4n) is 3.93. The van der Waals surface area contributed by atoms with Gasteiger partial charge in [-0.1, -0.05) is 0 Å². The van der Waals surface area contributed by atoms with E-state index in [0.717, 1.165) is 47.7 Å². The summed E-state index contributed by atoms with van der Waals surface area (Å²) < 4.78 is 7.48. The molecule has 1 fully saturated rings. The lowest BCUT2D eigenvalue weighted by Crippen LogP contribution is -2.31. The number of rotatable bonds is 6. The molecular weight excluding hydrogens is 406 g/mol. The molecule has 0 bridgehead atoms. The second-order valence-corrected chi connectivity index (χ2v) is 7.74. The molecule has 1 amide bonds. The van der Waals surface area contributed by atoms with Crippen LogP contribution in [0, 0.1) is 0 Å². The zero-order valence-electron chi connectivity index (χ0n) is 17.4. The summed E-state index contributed by atoms with van der Waals surface area (Å²) in [6, 6.07) is 14.6. The molecule has 1 atom stereocenters. The van der Waals surface area contributed by atoms with Crippen LogP contribution in [0.5, 0.6) is 0 Å². The summed E-state index contributed by atoms with van der Waals surface area (Å²) in [5.74, 6) is -0.107. The molecule has 4 heterocycles. The molecule has 1 saturated heterocycles. The number of ether oxygens (including phenoxy) is 1. The topological polar surface area (TPSA) is 101 Å². The van der Waals surface area contributed by atoms with E-state index in [1.54, 1.807) is 30.6 Å². The quantitative estimate of drug-likeness (QED) is 0.436.